The molecule has 3 heterocycles. The molecule has 0 spiro atoms. The molecule has 0 bridgehead atoms. The predicted molar refractivity (Wildman–Crippen MR) is 107 cm³/mol. The third-order valence-electron chi connectivity index (χ3n) is 5.19. The van der Waals surface area contributed by atoms with Gasteiger partial charge in [-0.2, -0.15) is 0 Å². The first-order valence-corrected chi connectivity index (χ1v) is 9.58. The molecular formula is C20H25N5O4. The molecule has 0 radical (unpaired) electrons. The van der Waals surface area contributed by atoms with Gasteiger partial charge in [-0.3, -0.25) is 0 Å². The molecule has 0 atom stereocenters. The van der Waals surface area contributed by atoms with Crippen molar-refractivity contribution in [2.75, 3.05) is 31.5 Å². The minimum Gasteiger partial charge on any atom is -0.454 e. The fourth-order valence-corrected chi connectivity index (χ4v) is 3.37. The van der Waals surface area contributed by atoms with Gasteiger partial charge in [-0.15, -0.1) is 0 Å². The highest BCUT2D eigenvalue weighted by Crippen LogP contribution is 2.33. The maximum absolute atomic E-state index is 9.61. The average Bonchev–Trinajstić information content (AvgIpc) is 3.38. The first-order valence-electron chi connectivity index (χ1n) is 9.58. The topological polar surface area (TPSA) is 106 Å². The number of rotatable bonds is 8. The summed E-state index contributed by atoms with van der Waals surface area (Å²) in [6.07, 6.45) is 3.20. The molecule has 9 nitrogen and oxygen atoms in total. The van der Waals surface area contributed by atoms with Crippen molar-refractivity contribution in [3.8, 4) is 11.5 Å². The van der Waals surface area contributed by atoms with E-state index in [1.165, 1.54) is 6.33 Å². The lowest BCUT2D eigenvalue weighted by Gasteiger charge is -2.25. The van der Waals surface area contributed by atoms with Gasteiger partial charge in [0.2, 0.25) is 6.79 Å². The van der Waals surface area contributed by atoms with Crippen LogP contribution in [0.1, 0.15) is 19.4 Å². The van der Waals surface area contributed by atoms with Gasteiger partial charge in [0.05, 0.1) is 19.5 Å². The molecule has 154 valence electrons. The van der Waals surface area contributed by atoms with Gasteiger partial charge in [0.1, 0.15) is 6.33 Å². The van der Waals surface area contributed by atoms with Crippen molar-refractivity contribution in [1.82, 2.24) is 19.5 Å². The van der Waals surface area contributed by atoms with E-state index in [-0.39, 0.29) is 20.0 Å². The van der Waals surface area contributed by atoms with E-state index in [2.05, 4.69) is 26.8 Å². The van der Waals surface area contributed by atoms with Gasteiger partial charge in [0, 0.05) is 25.0 Å². The van der Waals surface area contributed by atoms with Gasteiger partial charge in [-0.25, -0.2) is 15.0 Å². The van der Waals surface area contributed by atoms with Crippen LogP contribution < -0.4 is 14.4 Å². The number of aliphatic hydroxyl groups is 2. The zero-order valence-corrected chi connectivity index (χ0v) is 16.6. The van der Waals surface area contributed by atoms with E-state index in [1.54, 1.807) is 6.33 Å². The van der Waals surface area contributed by atoms with Crippen molar-refractivity contribution in [2.45, 2.75) is 26.9 Å². The molecule has 0 aliphatic carbocycles. The van der Waals surface area contributed by atoms with Crippen molar-refractivity contribution >= 4 is 17.0 Å². The quantitative estimate of drug-likeness (QED) is 0.588. The predicted octanol–water partition coefficient (Wildman–Crippen LogP) is 1.57. The second kappa shape index (κ2) is 7.84. The average molecular weight is 399 g/mol. The lowest BCUT2D eigenvalue weighted by Crippen LogP contribution is -2.31. The van der Waals surface area contributed by atoms with Crippen molar-refractivity contribution < 1.29 is 19.7 Å². The second-order valence-corrected chi connectivity index (χ2v) is 7.57. The number of fused-ring (bicyclic) bond motifs is 2. The molecular weight excluding hydrogens is 374 g/mol. The van der Waals surface area contributed by atoms with E-state index < -0.39 is 5.41 Å². The number of imidazole rings is 1. The largest absolute Gasteiger partial charge is 0.454 e. The van der Waals surface area contributed by atoms with Crippen LogP contribution in [0.3, 0.4) is 0 Å². The summed E-state index contributed by atoms with van der Waals surface area (Å²) in [5.74, 6) is 2.25. The molecule has 0 saturated carbocycles. The molecule has 0 amide bonds. The maximum Gasteiger partial charge on any atom is 0.231 e. The lowest BCUT2D eigenvalue weighted by atomic mass is 9.93. The first kappa shape index (κ1) is 19.4. The van der Waals surface area contributed by atoms with Crippen LogP contribution in [0, 0.1) is 5.41 Å². The zero-order valence-electron chi connectivity index (χ0n) is 16.6. The van der Waals surface area contributed by atoms with Gasteiger partial charge in [-0.1, -0.05) is 13.0 Å². The summed E-state index contributed by atoms with van der Waals surface area (Å²) in [7, 11) is 0. The van der Waals surface area contributed by atoms with E-state index in [9.17, 15) is 10.2 Å². The Hall–Kier alpha value is -2.91. The Labute approximate surface area is 168 Å². The number of ether oxygens (including phenoxy) is 2. The van der Waals surface area contributed by atoms with Crippen LogP contribution in [-0.2, 0) is 13.1 Å². The van der Waals surface area contributed by atoms with Crippen molar-refractivity contribution in [1.29, 1.82) is 0 Å². The third-order valence-corrected chi connectivity index (χ3v) is 5.19. The molecule has 4 rings (SSSR count). The monoisotopic (exact) mass is 399 g/mol. The number of nitrogens with zero attached hydrogens (tertiary/aromatic N) is 5. The molecule has 2 N–H and O–H groups in total. The molecule has 0 unspecified atom stereocenters. The summed E-state index contributed by atoms with van der Waals surface area (Å²) in [4.78, 5) is 15.5. The molecule has 0 saturated heterocycles. The van der Waals surface area contributed by atoms with Crippen LogP contribution in [-0.4, -0.2) is 56.3 Å². The Bertz CT molecular complexity index is 1000. The lowest BCUT2D eigenvalue weighted by molar-refractivity contribution is 0.0562. The molecule has 2 aromatic heterocycles. The van der Waals surface area contributed by atoms with Crippen LogP contribution in [0.5, 0.6) is 11.5 Å². The second-order valence-electron chi connectivity index (χ2n) is 7.57. The first-order chi connectivity index (χ1) is 14.1. The van der Waals surface area contributed by atoms with Gasteiger partial charge in [-0.05, 0) is 24.6 Å². The van der Waals surface area contributed by atoms with Crippen molar-refractivity contribution in [3.63, 3.8) is 0 Å². The maximum atomic E-state index is 9.61. The van der Waals surface area contributed by atoms with Crippen LogP contribution in [0.4, 0.5) is 5.82 Å². The van der Waals surface area contributed by atoms with Gasteiger partial charge < -0.3 is 29.2 Å². The van der Waals surface area contributed by atoms with Crippen molar-refractivity contribution in [3.05, 3.63) is 36.4 Å². The van der Waals surface area contributed by atoms with Crippen LogP contribution >= 0.6 is 0 Å². The molecule has 1 aromatic carbocycles. The summed E-state index contributed by atoms with van der Waals surface area (Å²) >= 11 is 0. The molecule has 1 aliphatic rings. The molecule has 29 heavy (non-hydrogen) atoms. The SMILES string of the molecule is CCN(Cc1ccc2c(c1)OCO2)c1ncnc2c1ncn2CC(C)(CO)CO. The number of anilines is 1. The Balaban J connectivity index is 1.63. The highest BCUT2D eigenvalue weighted by atomic mass is 16.7. The van der Waals surface area contributed by atoms with Crippen LogP contribution in [0.2, 0.25) is 0 Å². The molecule has 0 fully saturated rings. The Morgan fingerprint density at radius 1 is 1.14 bits per heavy atom. The summed E-state index contributed by atoms with van der Waals surface area (Å²) in [6, 6.07) is 5.91. The normalized spacial score (nSPS) is 13.2. The van der Waals surface area contributed by atoms with Gasteiger partial charge in [0.25, 0.3) is 0 Å². The van der Waals surface area contributed by atoms with E-state index >= 15 is 0 Å². The summed E-state index contributed by atoms with van der Waals surface area (Å²) in [5, 5.41) is 19.2. The van der Waals surface area contributed by atoms with Crippen LogP contribution in [0.15, 0.2) is 30.9 Å². The summed E-state index contributed by atoms with van der Waals surface area (Å²) < 4.78 is 12.7. The van der Waals surface area contributed by atoms with Crippen molar-refractivity contribution in [2.24, 2.45) is 5.41 Å². The molecule has 1 aliphatic heterocycles. The smallest absolute Gasteiger partial charge is 0.231 e. The number of aliphatic hydroxyl groups excluding tert-OH is 2. The Morgan fingerprint density at radius 3 is 2.69 bits per heavy atom. The third kappa shape index (κ3) is 3.70. The van der Waals surface area contributed by atoms with E-state index in [1.807, 2.05) is 29.7 Å². The van der Waals surface area contributed by atoms with Gasteiger partial charge in [0.15, 0.2) is 28.5 Å². The highest BCUT2D eigenvalue weighted by molar-refractivity contribution is 5.83. The fraction of sp³-hybridized carbons (Fsp3) is 0.450. The number of aromatic nitrogens is 4. The van der Waals surface area contributed by atoms with E-state index in [0.717, 1.165) is 29.4 Å². The Morgan fingerprint density at radius 2 is 1.93 bits per heavy atom. The fourth-order valence-electron chi connectivity index (χ4n) is 3.37. The van der Waals surface area contributed by atoms with E-state index in [4.69, 9.17) is 9.47 Å². The minimum absolute atomic E-state index is 0.133. The molecule has 3 aromatic rings. The highest BCUT2D eigenvalue weighted by Gasteiger charge is 2.25. The number of hydrogen-bond donors (Lipinski definition) is 2. The van der Waals surface area contributed by atoms with E-state index in [0.29, 0.717) is 24.3 Å². The minimum atomic E-state index is -0.657. The van der Waals surface area contributed by atoms with Crippen LogP contribution in [0.25, 0.3) is 11.2 Å². The number of hydrogen-bond acceptors (Lipinski definition) is 8. The Kier molecular flexibility index (Phi) is 5.25. The molecule has 9 heteroatoms. The summed E-state index contributed by atoms with van der Waals surface area (Å²) in [6.45, 7) is 5.64. The number of benzene rings is 1. The summed E-state index contributed by atoms with van der Waals surface area (Å²) in [5.41, 5.74) is 1.78. The zero-order chi connectivity index (χ0) is 20.4. The standard InChI is InChI=1S/C20H25N5O4/c1-3-24(7-14-4-5-15-16(6-14)29-13-28-15)18-17-19(22-11-21-18)25(12-23-17)8-20(2,9-26)10-27/h4-6,11-12,26-27H,3,7-10,13H2,1-2H3. The van der Waals surface area contributed by atoms with Gasteiger partial charge >= 0.3 is 0 Å².